The van der Waals surface area contributed by atoms with E-state index in [1.165, 1.54) is 24.1 Å². The Bertz CT molecular complexity index is 1360. The van der Waals surface area contributed by atoms with Gasteiger partial charge < -0.3 is 14.9 Å². The fourth-order valence-electron chi connectivity index (χ4n) is 3.84. The first-order valence-corrected chi connectivity index (χ1v) is 10.4. The molecule has 0 aliphatic heterocycles. The summed E-state index contributed by atoms with van der Waals surface area (Å²) in [4.78, 5) is 30.0. The third-order valence-corrected chi connectivity index (χ3v) is 5.78. The molecule has 3 aromatic heterocycles. The molecule has 0 aliphatic rings. The number of anilines is 1. The highest BCUT2D eigenvalue weighted by Crippen LogP contribution is 2.40. The Morgan fingerprint density at radius 2 is 2.00 bits per heavy atom. The van der Waals surface area contributed by atoms with Crippen molar-refractivity contribution in [2.45, 2.75) is 18.8 Å². The number of aromatic hydroxyl groups is 1. The van der Waals surface area contributed by atoms with E-state index in [9.17, 15) is 14.7 Å². The first-order valence-electron chi connectivity index (χ1n) is 10.0. The van der Waals surface area contributed by atoms with Gasteiger partial charge in [0, 0.05) is 37.2 Å². The maximum atomic E-state index is 12.8. The van der Waals surface area contributed by atoms with E-state index >= 15 is 0 Å². The Morgan fingerprint density at radius 3 is 2.64 bits per heavy atom. The highest BCUT2D eigenvalue weighted by molar-refractivity contribution is 6.31. The molecular weight excluding hydrogens is 448 g/mol. The van der Waals surface area contributed by atoms with Crippen LogP contribution in [0, 0.1) is 0 Å². The average molecular weight is 469 g/mol. The lowest BCUT2D eigenvalue weighted by Gasteiger charge is -2.26. The van der Waals surface area contributed by atoms with Gasteiger partial charge in [0.1, 0.15) is 17.8 Å². The van der Waals surface area contributed by atoms with E-state index in [1.807, 2.05) is 31.3 Å². The van der Waals surface area contributed by atoms with Crippen LogP contribution in [0.4, 0.5) is 5.69 Å². The van der Waals surface area contributed by atoms with Crippen molar-refractivity contribution in [1.82, 2.24) is 24.5 Å². The first-order chi connectivity index (χ1) is 15.8. The highest BCUT2D eigenvalue weighted by Gasteiger charge is 2.31. The van der Waals surface area contributed by atoms with Crippen molar-refractivity contribution in [3.05, 3.63) is 87.1 Å². The number of hydrogen-bond donors (Lipinski definition) is 2. The van der Waals surface area contributed by atoms with Crippen LogP contribution in [-0.2, 0) is 14.1 Å². The average Bonchev–Trinajstić information content (AvgIpc) is 3.45. The van der Waals surface area contributed by atoms with Crippen molar-refractivity contribution in [1.29, 1.82) is 0 Å². The smallest absolute Gasteiger partial charge is 0.296 e. The molecule has 0 fully saturated rings. The molecule has 1 amide bonds. The van der Waals surface area contributed by atoms with E-state index in [4.69, 9.17) is 16.1 Å². The van der Waals surface area contributed by atoms with Crippen LogP contribution in [0.25, 0.3) is 0 Å². The summed E-state index contributed by atoms with van der Waals surface area (Å²) in [6, 6.07) is 7.39. The molecule has 170 valence electrons. The second-order valence-electron chi connectivity index (χ2n) is 7.63. The van der Waals surface area contributed by atoms with Crippen molar-refractivity contribution >= 4 is 23.2 Å². The molecule has 4 aromatic rings. The van der Waals surface area contributed by atoms with Gasteiger partial charge in [0.2, 0.25) is 5.75 Å². The Morgan fingerprint density at radius 1 is 1.24 bits per heavy atom. The van der Waals surface area contributed by atoms with Crippen LogP contribution in [0.15, 0.2) is 58.4 Å². The zero-order valence-electron chi connectivity index (χ0n) is 18.1. The molecule has 4 rings (SSSR count). The van der Waals surface area contributed by atoms with Crippen LogP contribution >= 0.6 is 11.6 Å². The van der Waals surface area contributed by atoms with E-state index < -0.39 is 28.8 Å². The second-order valence-corrected chi connectivity index (χ2v) is 8.04. The maximum absolute atomic E-state index is 12.8. The quantitative estimate of drug-likeness (QED) is 0.445. The monoisotopic (exact) mass is 468 g/mol. The normalized spacial score (nSPS) is 13.0. The lowest BCUT2D eigenvalue weighted by Crippen LogP contribution is -2.29. The van der Waals surface area contributed by atoms with Crippen LogP contribution in [0.2, 0.25) is 5.02 Å². The van der Waals surface area contributed by atoms with Crippen LogP contribution in [-0.4, -0.2) is 35.5 Å². The van der Waals surface area contributed by atoms with Gasteiger partial charge in [0.25, 0.3) is 11.5 Å². The minimum absolute atomic E-state index is 0.265. The highest BCUT2D eigenvalue weighted by atomic mass is 35.5. The second kappa shape index (κ2) is 8.91. The largest absolute Gasteiger partial charge is 0.501 e. The van der Waals surface area contributed by atoms with Gasteiger partial charge in [-0.3, -0.25) is 18.8 Å². The number of aryl methyl sites for hydroxylation is 1. The van der Waals surface area contributed by atoms with Gasteiger partial charge >= 0.3 is 0 Å². The van der Waals surface area contributed by atoms with Gasteiger partial charge in [-0.25, -0.2) is 4.98 Å². The molecule has 10 nitrogen and oxygen atoms in total. The van der Waals surface area contributed by atoms with Gasteiger partial charge in [0.15, 0.2) is 5.69 Å². The molecule has 0 radical (unpaired) electrons. The Kier molecular flexibility index (Phi) is 6.01. The first kappa shape index (κ1) is 22.3. The number of hydrogen-bond acceptors (Lipinski definition) is 7. The number of halogens is 1. The summed E-state index contributed by atoms with van der Waals surface area (Å²) in [6.07, 6.45) is 6.09. The number of nitrogens with zero attached hydrogens (tertiary/aromatic N) is 5. The predicted molar refractivity (Wildman–Crippen MR) is 121 cm³/mol. The fraction of sp³-hybridized carbons (Fsp3) is 0.227. The predicted octanol–water partition coefficient (Wildman–Crippen LogP) is 3.05. The maximum Gasteiger partial charge on any atom is 0.296 e. The molecular formula is C22H21ClN6O4. The number of benzene rings is 1. The third kappa shape index (κ3) is 4.24. The third-order valence-electron chi connectivity index (χ3n) is 5.44. The number of nitrogens with one attached hydrogen (secondary N) is 1. The van der Waals surface area contributed by atoms with Gasteiger partial charge in [-0.1, -0.05) is 41.9 Å². The lowest BCUT2D eigenvalue weighted by molar-refractivity contribution is 0.101. The van der Waals surface area contributed by atoms with Crippen molar-refractivity contribution in [2.75, 3.05) is 5.32 Å². The molecule has 0 bridgehead atoms. The van der Waals surface area contributed by atoms with Crippen molar-refractivity contribution in [3.8, 4) is 5.75 Å². The number of carbonyl (C=O) groups excluding carboxylic acids is 1. The summed E-state index contributed by atoms with van der Waals surface area (Å²) in [7, 11) is 3.30. The van der Waals surface area contributed by atoms with E-state index in [-0.39, 0.29) is 11.6 Å². The van der Waals surface area contributed by atoms with Crippen molar-refractivity contribution in [3.63, 3.8) is 0 Å². The fourth-order valence-corrected chi connectivity index (χ4v) is 4.10. The topological polar surface area (TPSA) is 128 Å². The van der Waals surface area contributed by atoms with Gasteiger partial charge in [-0.2, -0.15) is 5.10 Å². The molecule has 3 heterocycles. The van der Waals surface area contributed by atoms with Gasteiger partial charge in [0.05, 0.1) is 12.4 Å². The Balaban J connectivity index is 1.83. The van der Waals surface area contributed by atoms with Crippen LogP contribution in [0.5, 0.6) is 5.75 Å². The molecule has 0 saturated carbocycles. The summed E-state index contributed by atoms with van der Waals surface area (Å²) in [6.45, 7) is 1.88. The minimum Gasteiger partial charge on any atom is -0.501 e. The van der Waals surface area contributed by atoms with E-state index in [0.29, 0.717) is 10.8 Å². The Labute approximate surface area is 193 Å². The number of aromatic nitrogens is 5. The number of carbonyl (C=O) groups is 1. The Hall–Kier alpha value is -3.92. The summed E-state index contributed by atoms with van der Waals surface area (Å²) in [5, 5.41) is 21.2. The summed E-state index contributed by atoms with van der Waals surface area (Å²) in [5.74, 6) is -1.98. The zero-order chi connectivity index (χ0) is 23.7. The summed E-state index contributed by atoms with van der Waals surface area (Å²) >= 11 is 6.53. The van der Waals surface area contributed by atoms with Gasteiger partial charge in [-0.05, 0) is 17.2 Å². The molecule has 0 aliphatic carbocycles. The van der Waals surface area contributed by atoms with Gasteiger partial charge in [-0.15, -0.1) is 0 Å². The van der Waals surface area contributed by atoms with E-state index in [0.717, 1.165) is 11.1 Å². The van der Waals surface area contributed by atoms with Crippen molar-refractivity contribution in [2.24, 2.45) is 14.1 Å². The van der Waals surface area contributed by atoms with Crippen molar-refractivity contribution < 1.29 is 14.4 Å². The summed E-state index contributed by atoms with van der Waals surface area (Å²) in [5.41, 5.74) is 0.797. The number of amides is 1. The molecule has 2 N–H and O–H groups in total. The SMILES string of the molecule is CC(c1nc(C(=O)Nc2cnoc2)c(O)c(=O)n1C)C(c1cnn(C)c1)c1ccccc1Cl. The standard InChI is InChI=1S/C22H21ClN6O4/c1-12(17(13-8-24-28(2)10-13)15-6-4-5-7-16(15)23)20-27-18(19(30)22(32)29(20)3)21(31)26-14-9-25-33-11-14/h4-12,17,30H,1-3H3,(H,26,31). The zero-order valence-corrected chi connectivity index (χ0v) is 18.8. The molecule has 33 heavy (non-hydrogen) atoms. The minimum atomic E-state index is -0.766. The van der Waals surface area contributed by atoms with Crippen LogP contribution in [0.3, 0.4) is 0 Å². The van der Waals surface area contributed by atoms with E-state index in [2.05, 4.69) is 20.6 Å². The van der Waals surface area contributed by atoms with Crippen LogP contribution < -0.4 is 10.9 Å². The molecule has 1 aromatic carbocycles. The van der Waals surface area contributed by atoms with E-state index in [1.54, 1.807) is 24.0 Å². The number of rotatable bonds is 6. The molecule has 11 heteroatoms. The molecule has 0 saturated heterocycles. The lowest BCUT2D eigenvalue weighted by atomic mass is 9.82. The molecule has 0 spiro atoms. The molecule has 2 atom stereocenters. The molecule has 2 unspecified atom stereocenters. The summed E-state index contributed by atoms with van der Waals surface area (Å²) < 4.78 is 7.60. The van der Waals surface area contributed by atoms with Crippen LogP contribution in [0.1, 0.15) is 46.2 Å².